The molecule has 2 aliphatic heterocycles. The van der Waals surface area contributed by atoms with Crippen molar-refractivity contribution < 1.29 is 4.79 Å². The molecule has 2 atom stereocenters. The first-order chi connectivity index (χ1) is 13.2. The maximum Gasteiger partial charge on any atom is 0.222 e. The van der Waals surface area contributed by atoms with Gasteiger partial charge in [-0.3, -0.25) is 14.7 Å². The number of likely N-dealkylation sites (tertiary alicyclic amines) is 2. The first-order valence-electron chi connectivity index (χ1n) is 11.3. The van der Waals surface area contributed by atoms with Crippen molar-refractivity contribution in [1.29, 1.82) is 0 Å². The quantitative estimate of drug-likeness (QED) is 0.504. The van der Waals surface area contributed by atoms with Gasteiger partial charge in [-0.1, -0.05) is 19.8 Å². The van der Waals surface area contributed by atoms with Gasteiger partial charge < -0.3 is 15.5 Å². The first kappa shape index (κ1) is 20.4. The molecule has 0 spiro atoms. The molecule has 2 unspecified atom stereocenters. The number of rotatable bonds is 8. The van der Waals surface area contributed by atoms with E-state index in [0.717, 1.165) is 63.9 Å². The molecule has 1 amide bonds. The maximum atomic E-state index is 12.0. The van der Waals surface area contributed by atoms with Crippen LogP contribution in [0, 0.1) is 0 Å². The minimum absolute atomic E-state index is 0.328. The zero-order valence-electron chi connectivity index (χ0n) is 17.4. The van der Waals surface area contributed by atoms with E-state index in [0.29, 0.717) is 18.0 Å². The average Bonchev–Trinajstić information content (AvgIpc) is 3.41. The molecule has 6 heteroatoms. The largest absolute Gasteiger partial charge is 0.357 e. The summed E-state index contributed by atoms with van der Waals surface area (Å²) in [4.78, 5) is 21.6. The summed E-state index contributed by atoms with van der Waals surface area (Å²) in [6, 6.07) is 1.67. The molecule has 154 valence electrons. The van der Waals surface area contributed by atoms with Gasteiger partial charge in [0.25, 0.3) is 0 Å². The Bertz CT molecular complexity index is 503. The lowest BCUT2D eigenvalue weighted by Crippen LogP contribution is -2.45. The third-order valence-electron chi connectivity index (χ3n) is 6.50. The fourth-order valence-corrected chi connectivity index (χ4v) is 4.98. The van der Waals surface area contributed by atoms with Gasteiger partial charge in [-0.25, -0.2) is 0 Å². The SMILES string of the molecule is CCNC(=NCCC(CC)N1CCCC1=O)NC1CCN(C2CCCC2)C1. The van der Waals surface area contributed by atoms with E-state index in [1.807, 2.05) is 0 Å². The predicted molar refractivity (Wildman–Crippen MR) is 111 cm³/mol. The number of amides is 1. The van der Waals surface area contributed by atoms with Crippen molar-refractivity contribution in [3.05, 3.63) is 0 Å². The number of aliphatic imine (C=N–C) groups is 1. The van der Waals surface area contributed by atoms with E-state index in [2.05, 4.69) is 34.3 Å². The number of nitrogens with zero attached hydrogens (tertiary/aromatic N) is 3. The Hall–Kier alpha value is -1.30. The van der Waals surface area contributed by atoms with Crippen LogP contribution in [0.15, 0.2) is 4.99 Å². The predicted octanol–water partition coefficient (Wildman–Crippen LogP) is 2.35. The monoisotopic (exact) mass is 377 g/mol. The number of hydrogen-bond acceptors (Lipinski definition) is 3. The van der Waals surface area contributed by atoms with Gasteiger partial charge in [0.1, 0.15) is 0 Å². The van der Waals surface area contributed by atoms with Crippen LogP contribution in [0.1, 0.15) is 71.6 Å². The van der Waals surface area contributed by atoms with Gasteiger partial charge in [0.15, 0.2) is 5.96 Å². The van der Waals surface area contributed by atoms with E-state index in [1.54, 1.807) is 0 Å². The van der Waals surface area contributed by atoms with Crippen LogP contribution in [0.4, 0.5) is 0 Å². The van der Waals surface area contributed by atoms with Crippen LogP contribution < -0.4 is 10.6 Å². The van der Waals surface area contributed by atoms with Crippen LogP contribution in [-0.4, -0.2) is 72.5 Å². The highest BCUT2D eigenvalue weighted by molar-refractivity contribution is 5.80. The lowest BCUT2D eigenvalue weighted by Gasteiger charge is -2.26. The van der Waals surface area contributed by atoms with Crippen LogP contribution in [-0.2, 0) is 4.79 Å². The normalized spacial score (nSPS) is 26.1. The molecule has 6 nitrogen and oxygen atoms in total. The summed E-state index contributed by atoms with van der Waals surface area (Å²) in [5.74, 6) is 1.27. The molecular weight excluding hydrogens is 338 g/mol. The maximum absolute atomic E-state index is 12.0. The van der Waals surface area contributed by atoms with Crippen LogP contribution in [0.5, 0.6) is 0 Å². The van der Waals surface area contributed by atoms with Crippen molar-refractivity contribution in [2.45, 2.75) is 89.8 Å². The van der Waals surface area contributed by atoms with E-state index in [1.165, 1.54) is 38.6 Å². The highest BCUT2D eigenvalue weighted by atomic mass is 16.2. The second kappa shape index (κ2) is 10.3. The topological polar surface area (TPSA) is 60.0 Å². The van der Waals surface area contributed by atoms with Crippen molar-refractivity contribution in [1.82, 2.24) is 20.4 Å². The third-order valence-corrected chi connectivity index (χ3v) is 6.50. The van der Waals surface area contributed by atoms with Crippen molar-refractivity contribution in [2.75, 3.05) is 32.7 Å². The molecule has 3 aliphatic rings. The number of guanidine groups is 1. The van der Waals surface area contributed by atoms with Gasteiger partial charge in [0, 0.05) is 57.3 Å². The highest BCUT2D eigenvalue weighted by Crippen LogP contribution is 2.26. The fourth-order valence-electron chi connectivity index (χ4n) is 4.98. The summed E-state index contributed by atoms with van der Waals surface area (Å²) < 4.78 is 0. The highest BCUT2D eigenvalue weighted by Gasteiger charge is 2.30. The van der Waals surface area contributed by atoms with Gasteiger partial charge in [0.05, 0.1) is 0 Å². The minimum atomic E-state index is 0.328. The second-order valence-electron chi connectivity index (χ2n) is 8.37. The van der Waals surface area contributed by atoms with Crippen LogP contribution in [0.3, 0.4) is 0 Å². The summed E-state index contributed by atoms with van der Waals surface area (Å²) in [7, 11) is 0. The number of carbonyl (C=O) groups is 1. The Morgan fingerprint density at radius 1 is 1.19 bits per heavy atom. The number of hydrogen-bond donors (Lipinski definition) is 2. The smallest absolute Gasteiger partial charge is 0.222 e. The van der Waals surface area contributed by atoms with Gasteiger partial charge in [-0.05, 0) is 45.4 Å². The summed E-state index contributed by atoms with van der Waals surface area (Å²) in [6.45, 7) is 9.25. The molecule has 2 N–H and O–H groups in total. The summed E-state index contributed by atoms with van der Waals surface area (Å²) >= 11 is 0. The van der Waals surface area contributed by atoms with Crippen LogP contribution in [0.25, 0.3) is 0 Å². The summed E-state index contributed by atoms with van der Waals surface area (Å²) in [6.07, 6.45) is 10.5. The van der Waals surface area contributed by atoms with E-state index >= 15 is 0 Å². The molecule has 3 rings (SSSR count). The molecule has 0 aromatic carbocycles. The molecule has 1 aliphatic carbocycles. The molecule has 1 saturated carbocycles. The molecule has 3 fully saturated rings. The average molecular weight is 378 g/mol. The minimum Gasteiger partial charge on any atom is -0.357 e. The summed E-state index contributed by atoms with van der Waals surface area (Å²) in [5.41, 5.74) is 0. The van der Waals surface area contributed by atoms with Gasteiger partial charge >= 0.3 is 0 Å². The Balaban J connectivity index is 1.46. The zero-order chi connectivity index (χ0) is 19.1. The van der Waals surface area contributed by atoms with Crippen LogP contribution in [0.2, 0.25) is 0 Å². The van der Waals surface area contributed by atoms with E-state index < -0.39 is 0 Å². The third kappa shape index (κ3) is 5.59. The zero-order valence-corrected chi connectivity index (χ0v) is 17.4. The second-order valence-corrected chi connectivity index (χ2v) is 8.37. The Morgan fingerprint density at radius 3 is 2.67 bits per heavy atom. The lowest BCUT2D eigenvalue weighted by molar-refractivity contribution is -0.129. The number of carbonyl (C=O) groups excluding carboxylic acids is 1. The van der Waals surface area contributed by atoms with E-state index in [-0.39, 0.29) is 0 Å². The lowest BCUT2D eigenvalue weighted by atomic mass is 10.1. The molecule has 0 bridgehead atoms. The molecule has 0 aromatic rings. The Morgan fingerprint density at radius 2 is 2.00 bits per heavy atom. The van der Waals surface area contributed by atoms with Crippen molar-refractivity contribution in [3.8, 4) is 0 Å². The van der Waals surface area contributed by atoms with Crippen molar-refractivity contribution >= 4 is 11.9 Å². The van der Waals surface area contributed by atoms with E-state index in [4.69, 9.17) is 4.99 Å². The molecule has 0 radical (unpaired) electrons. The Kier molecular flexibility index (Phi) is 7.80. The van der Waals surface area contributed by atoms with E-state index in [9.17, 15) is 4.79 Å². The number of nitrogens with one attached hydrogen (secondary N) is 2. The first-order valence-corrected chi connectivity index (χ1v) is 11.3. The van der Waals surface area contributed by atoms with Crippen molar-refractivity contribution in [2.24, 2.45) is 4.99 Å². The standard InChI is InChI=1S/C21H39N5O/c1-3-18(26-14-7-10-20(26)27)11-13-23-21(22-4-2)24-17-12-15-25(16-17)19-8-5-6-9-19/h17-19H,3-16H2,1-2H3,(H2,22,23,24). The van der Waals surface area contributed by atoms with Crippen molar-refractivity contribution in [3.63, 3.8) is 0 Å². The van der Waals surface area contributed by atoms with Gasteiger partial charge in [-0.2, -0.15) is 0 Å². The molecule has 2 saturated heterocycles. The fraction of sp³-hybridized carbons (Fsp3) is 0.905. The van der Waals surface area contributed by atoms with Gasteiger partial charge in [0.2, 0.25) is 5.91 Å². The molecule has 27 heavy (non-hydrogen) atoms. The van der Waals surface area contributed by atoms with Crippen LogP contribution >= 0.6 is 0 Å². The molecule has 0 aromatic heterocycles. The summed E-state index contributed by atoms with van der Waals surface area (Å²) in [5, 5.41) is 7.06. The molecule has 2 heterocycles. The van der Waals surface area contributed by atoms with Gasteiger partial charge in [-0.15, -0.1) is 0 Å². The molecular formula is C21H39N5O. The Labute approximate surface area is 165 Å².